The van der Waals surface area contributed by atoms with Crippen LogP contribution in [-0.2, 0) is 11.8 Å². The molecule has 0 aliphatic heterocycles. The van der Waals surface area contributed by atoms with E-state index >= 15 is 0 Å². The zero-order chi connectivity index (χ0) is 8.27. The first-order valence-electron chi connectivity index (χ1n) is 3.05. The molecule has 0 aliphatic rings. The Hall–Kier alpha value is -0.650. The Morgan fingerprint density at radius 1 is 1.82 bits per heavy atom. The average molecular weight is 262 g/mol. The Morgan fingerprint density at radius 2 is 2.55 bits per heavy atom. The molecule has 11 heavy (non-hydrogen) atoms. The molecule has 0 N–H and O–H groups in total. The normalized spacial score (nSPS) is 10.7. The first-order chi connectivity index (χ1) is 5.20. The van der Waals surface area contributed by atoms with Crippen LogP contribution in [0.3, 0.4) is 0 Å². The Labute approximate surface area is 78.3 Å². The van der Waals surface area contributed by atoms with Gasteiger partial charge >= 0.3 is 0 Å². The minimum atomic E-state index is 0.00519. The number of hydrogen-bond acceptors (Lipinski definition) is 2. The number of halogens is 1. The predicted molar refractivity (Wildman–Crippen MR) is 51.3 cm³/mol. The van der Waals surface area contributed by atoms with E-state index in [0.29, 0.717) is 0 Å². The second-order valence-electron chi connectivity index (χ2n) is 2.03. The molecule has 0 aliphatic carbocycles. The first kappa shape index (κ1) is 8.45. The number of aromatic nitrogens is 2. The summed E-state index contributed by atoms with van der Waals surface area (Å²) in [6.07, 6.45) is 6.70. The first-order valence-corrected chi connectivity index (χ1v) is 4.13. The van der Waals surface area contributed by atoms with E-state index in [-0.39, 0.29) is 3.79 Å². The maximum atomic E-state index is 10.5. The predicted octanol–water partition coefficient (Wildman–Crippen LogP) is 1.39. The highest BCUT2D eigenvalue weighted by molar-refractivity contribution is 14.1. The van der Waals surface area contributed by atoms with Crippen molar-refractivity contribution in [2.24, 2.45) is 7.05 Å². The number of aryl methyl sites for hydroxylation is 1. The van der Waals surface area contributed by atoms with Crippen molar-refractivity contribution in [1.29, 1.82) is 0 Å². The summed E-state index contributed by atoms with van der Waals surface area (Å²) in [6, 6.07) is 0. The van der Waals surface area contributed by atoms with Gasteiger partial charge in [0.25, 0.3) is 0 Å². The maximum absolute atomic E-state index is 10.5. The van der Waals surface area contributed by atoms with Gasteiger partial charge in [-0.15, -0.1) is 0 Å². The summed E-state index contributed by atoms with van der Waals surface area (Å²) in [5.41, 5.74) is 0. The Morgan fingerprint density at radius 3 is 3.00 bits per heavy atom. The molecule has 0 bridgehead atoms. The molecule has 0 amide bonds. The standard InChI is InChI=1S/C7H7IN2O/c1-10-5-4-9-7(10)3-2-6(8)11/h2-5H,1H3/b3-2+. The summed E-state index contributed by atoms with van der Waals surface area (Å²) in [4.78, 5) is 14.5. The van der Waals surface area contributed by atoms with Crippen LogP contribution < -0.4 is 0 Å². The van der Waals surface area contributed by atoms with Crippen LogP contribution >= 0.6 is 22.6 Å². The summed E-state index contributed by atoms with van der Waals surface area (Å²) in [6.45, 7) is 0. The Balaban J connectivity index is 2.79. The molecule has 4 heteroatoms. The largest absolute Gasteiger partial charge is 0.335 e. The van der Waals surface area contributed by atoms with Crippen molar-refractivity contribution in [2.75, 3.05) is 0 Å². The van der Waals surface area contributed by atoms with Gasteiger partial charge in [0.1, 0.15) is 5.82 Å². The third kappa shape index (κ3) is 2.45. The van der Waals surface area contributed by atoms with Crippen molar-refractivity contribution in [3.05, 3.63) is 24.3 Å². The second-order valence-corrected chi connectivity index (χ2v) is 3.10. The molecule has 1 heterocycles. The van der Waals surface area contributed by atoms with Crippen LogP contribution in [0.15, 0.2) is 18.5 Å². The molecule has 0 saturated heterocycles. The summed E-state index contributed by atoms with van der Waals surface area (Å²) in [5.74, 6) is 0.787. The molecule has 0 atom stereocenters. The van der Waals surface area contributed by atoms with Gasteiger partial charge in [0, 0.05) is 42.0 Å². The molecule has 1 rings (SSSR count). The molecule has 58 valence electrons. The SMILES string of the molecule is Cn1ccnc1/C=C/C(=O)I. The smallest absolute Gasteiger partial charge is 0.215 e. The van der Waals surface area contributed by atoms with E-state index in [4.69, 9.17) is 0 Å². The summed E-state index contributed by atoms with van der Waals surface area (Å²) < 4.78 is 1.85. The lowest BCUT2D eigenvalue weighted by molar-refractivity contribution is -0.105. The van der Waals surface area contributed by atoms with Crippen LogP contribution in [0.25, 0.3) is 6.08 Å². The van der Waals surface area contributed by atoms with Crippen molar-refractivity contribution in [1.82, 2.24) is 9.55 Å². The lowest BCUT2D eigenvalue weighted by Gasteiger charge is -1.90. The molecular weight excluding hydrogens is 255 g/mol. The molecule has 0 aromatic carbocycles. The fraction of sp³-hybridized carbons (Fsp3) is 0.143. The monoisotopic (exact) mass is 262 g/mol. The van der Waals surface area contributed by atoms with Crippen molar-refractivity contribution >= 4 is 32.5 Å². The minimum Gasteiger partial charge on any atom is -0.335 e. The highest BCUT2D eigenvalue weighted by atomic mass is 127. The molecule has 0 spiro atoms. The van der Waals surface area contributed by atoms with Crippen molar-refractivity contribution in [3.8, 4) is 0 Å². The third-order valence-electron chi connectivity index (χ3n) is 1.22. The van der Waals surface area contributed by atoms with Crippen LogP contribution in [-0.4, -0.2) is 13.3 Å². The van der Waals surface area contributed by atoms with E-state index in [1.54, 1.807) is 34.9 Å². The van der Waals surface area contributed by atoms with Crippen LogP contribution in [0.5, 0.6) is 0 Å². The van der Waals surface area contributed by atoms with Gasteiger partial charge in [0.2, 0.25) is 3.79 Å². The zero-order valence-electron chi connectivity index (χ0n) is 5.99. The summed E-state index contributed by atoms with van der Waals surface area (Å²) in [7, 11) is 1.88. The summed E-state index contributed by atoms with van der Waals surface area (Å²) >= 11 is 1.72. The van der Waals surface area contributed by atoms with Gasteiger partial charge in [-0.3, -0.25) is 4.79 Å². The van der Waals surface area contributed by atoms with E-state index in [0.717, 1.165) is 5.82 Å². The average Bonchev–Trinajstić information content (AvgIpc) is 2.31. The third-order valence-corrected chi connectivity index (χ3v) is 1.58. The van der Waals surface area contributed by atoms with Crippen molar-refractivity contribution in [2.45, 2.75) is 0 Å². The van der Waals surface area contributed by atoms with Crippen molar-refractivity contribution < 1.29 is 4.79 Å². The summed E-state index contributed by atoms with van der Waals surface area (Å²) in [5, 5.41) is 0. The molecule has 3 nitrogen and oxygen atoms in total. The van der Waals surface area contributed by atoms with Gasteiger partial charge in [0.15, 0.2) is 0 Å². The lowest BCUT2D eigenvalue weighted by Crippen LogP contribution is -1.89. The fourth-order valence-electron chi connectivity index (χ4n) is 0.678. The fourth-order valence-corrected chi connectivity index (χ4v) is 0.858. The van der Waals surface area contributed by atoms with E-state index in [2.05, 4.69) is 4.98 Å². The molecule has 0 saturated carbocycles. The van der Waals surface area contributed by atoms with Gasteiger partial charge in [-0.05, 0) is 12.2 Å². The number of rotatable bonds is 2. The highest BCUT2D eigenvalue weighted by Crippen LogP contribution is 1.98. The number of allylic oxidation sites excluding steroid dienone is 1. The number of carbonyl (C=O) groups is 1. The molecular formula is C7H7IN2O. The molecule has 1 aromatic rings. The van der Waals surface area contributed by atoms with E-state index in [1.165, 1.54) is 6.08 Å². The van der Waals surface area contributed by atoms with Crippen LogP contribution in [0.4, 0.5) is 0 Å². The molecule has 0 fully saturated rings. The molecule has 1 aromatic heterocycles. The lowest BCUT2D eigenvalue weighted by atomic mass is 10.5. The van der Waals surface area contributed by atoms with Gasteiger partial charge < -0.3 is 4.57 Å². The van der Waals surface area contributed by atoms with E-state index < -0.39 is 0 Å². The highest BCUT2D eigenvalue weighted by Gasteiger charge is 1.92. The zero-order valence-corrected chi connectivity index (χ0v) is 8.15. The van der Waals surface area contributed by atoms with Crippen LogP contribution in [0.1, 0.15) is 5.82 Å². The topological polar surface area (TPSA) is 34.9 Å². The van der Waals surface area contributed by atoms with Crippen molar-refractivity contribution in [3.63, 3.8) is 0 Å². The second kappa shape index (κ2) is 3.66. The van der Waals surface area contributed by atoms with Gasteiger partial charge in [-0.25, -0.2) is 4.98 Å². The molecule has 0 radical (unpaired) electrons. The minimum absolute atomic E-state index is 0.00519. The van der Waals surface area contributed by atoms with E-state index in [1.807, 2.05) is 17.8 Å². The van der Waals surface area contributed by atoms with Gasteiger partial charge in [-0.1, -0.05) is 0 Å². The maximum Gasteiger partial charge on any atom is 0.215 e. The number of imidazole rings is 1. The Kier molecular flexibility index (Phi) is 2.81. The number of carbonyl (C=O) groups excluding carboxylic acids is 1. The van der Waals surface area contributed by atoms with Crippen LogP contribution in [0, 0.1) is 0 Å². The van der Waals surface area contributed by atoms with Crippen LogP contribution in [0.2, 0.25) is 0 Å². The molecule has 0 unspecified atom stereocenters. The number of hydrogen-bond donors (Lipinski definition) is 0. The number of nitrogens with zero attached hydrogens (tertiary/aromatic N) is 2. The van der Waals surface area contributed by atoms with Gasteiger partial charge in [0.05, 0.1) is 0 Å². The quantitative estimate of drug-likeness (QED) is 0.458. The Bertz CT molecular complexity index is 290. The van der Waals surface area contributed by atoms with Gasteiger partial charge in [-0.2, -0.15) is 0 Å². The van der Waals surface area contributed by atoms with E-state index in [9.17, 15) is 4.79 Å².